The molecule has 3 atom stereocenters. The van der Waals surface area contributed by atoms with E-state index in [1.165, 1.54) is 6.92 Å². The van der Waals surface area contributed by atoms with Gasteiger partial charge in [0.2, 0.25) is 11.8 Å². The normalized spacial score (nSPS) is 15.3. The Kier molecular flexibility index (Phi) is 6.86. The minimum Gasteiger partial charge on any atom is -0.480 e. The fraction of sp³-hybridized carbons (Fsp3) is 0.667. The number of rotatable bonds is 7. The molecule has 0 radical (unpaired) electrons. The maximum absolute atomic E-state index is 11.5. The lowest BCUT2D eigenvalue weighted by atomic mass is 10.2. The van der Waals surface area contributed by atoms with Crippen molar-refractivity contribution in [1.29, 1.82) is 0 Å². The van der Waals surface area contributed by atoms with Crippen LogP contribution in [0.4, 0.5) is 0 Å². The largest absolute Gasteiger partial charge is 0.480 e. The zero-order valence-electron chi connectivity index (χ0n) is 9.79. The number of nitrogens with two attached hydrogens (primary N) is 1. The summed E-state index contributed by atoms with van der Waals surface area (Å²) in [7, 11) is 0. The summed E-state index contributed by atoms with van der Waals surface area (Å²) < 4.78 is 0. The molecule has 0 aromatic rings. The highest BCUT2D eigenvalue weighted by Gasteiger charge is 2.25. The minimum atomic E-state index is -1.32. The molecule has 104 valence electrons. The van der Waals surface area contributed by atoms with Gasteiger partial charge in [-0.05, 0) is 6.92 Å². The number of nitrogens with one attached hydrogen (secondary N) is 2. The average molecular weight is 263 g/mol. The first-order valence-corrected chi connectivity index (χ1v) is 5.14. The van der Waals surface area contributed by atoms with Crippen molar-refractivity contribution >= 4 is 17.8 Å². The predicted molar refractivity (Wildman–Crippen MR) is 59.3 cm³/mol. The molecule has 0 spiro atoms. The molecule has 0 aliphatic carbocycles. The van der Waals surface area contributed by atoms with Crippen molar-refractivity contribution in [1.82, 2.24) is 10.6 Å². The second kappa shape index (κ2) is 7.58. The van der Waals surface area contributed by atoms with Crippen molar-refractivity contribution in [2.45, 2.75) is 25.0 Å². The Hall–Kier alpha value is -1.71. The molecule has 2 amide bonds. The van der Waals surface area contributed by atoms with Crippen LogP contribution >= 0.6 is 0 Å². The van der Waals surface area contributed by atoms with Crippen LogP contribution in [0.25, 0.3) is 0 Å². The number of aliphatic hydroxyl groups is 2. The van der Waals surface area contributed by atoms with Crippen molar-refractivity contribution in [3.8, 4) is 0 Å². The van der Waals surface area contributed by atoms with Crippen LogP contribution in [-0.2, 0) is 14.4 Å². The van der Waals surface area contributed by atoms with Crippen molar-refractivity contribution in [2.75, 3.05) is 13.2 Å². The van der Waals surface area contributed by atoms with Crippen LogP contribution in [-0.4, -0.2) is 64.4 Å². The van der Waals surface area contributed by atoms with Gasteiger partial charge in [0.25, 0.3) is 0 Å². The number of amides is 2. The van der Waals surface area contributed by atoms with Gasteiger partial charge in [-0.2, -0.15) is 0 Å². The lowest BCUT2D eigenvalue weighted by molar-refractivity contribution is -0.142. The van der Waals surface area contributed by atoms with Crippen LogP contribution in [0, 0.1) is 0 Å². The Balaban J connectivity index is 4.45. The van der Waals surface area contributed by atoms with Crippen molar-refractivity contribution < 1.29 is 29.7 Å². The maximum Gasteiger partial charge on any atom is 0.325 e. The Morgan fingerprint density at radius 1 is 1.11 bits per heavy atom. The van der Waals surface area contributed by atoms with E-state index in [0.29, 0.717) is 0 Å². The van der Waals surface area contributed by atoms with E-state index in [4.69, 9.17) is 21.1 Å². The molecule has 0 saturated carbocycles. The molecule has 0 unspecified atom stereocenters. The zero-order chi connectivity index (χ0) is 14.3. The van der Waals surface area contributed by atoms with Gasteiger partial charge in [-0.25, -0.2) is 0 Å². The third-order valence-corrected chi connectivity index (χ3v) is 2.08. The maximum atomic E-state index is 11.5. The van der Waals surface area contributed by atoms with Gasteiger partial charge in [0, 0.05) is 0 Å². The summed E-state index contributed by atoms with van der Waals surface area (Å²) in [5, 5.41) is 30.3. The molecule has 0 aliphatic heterocycles. The summed E-state index contributed by atoms with van der Waals surface area (Å²) in [6.07, 6.45) is 0. The van der Waals surface area contributed by atoms with Gasteiger partial charge in [0.1, 0.15) is 18.1 Å². The Bertz CT molecular complexity index is 321. The summed E-state index contributed by atoms with van der Waals surface area (Å²) in [6.45, 7) is -0.102. The zero-order valence-corrected chi connectivity index (χ0v) is 9.79. The van der Waals surface area contributed by atoms with E-state index < -0.39 is 49.1 Å². The van der Waals surface area contributed by atoms with Gasteiger partial charge in [0.15, 0.2) is 0 Å². The van der Waals surface area contributed by atoms with Crippen LogP contribution in [0.1, 0.15) is 6.92 Å². The molecule has 7 N–H and O–H groups in total. The average Bonchev–Trinajstić information content (AvgIpc) is 2.33. The number of carboxylic acids is 1. The molecular formula is C9H17N3O6. The Labute approximate surface area is 103 Å². The van der Waals surface area contributed by atoms with Gasteiger partial charge in [0.05, 0.1) is 13.2 Å². The number of carboxylic acid groups (broad SMARTS) is 1. The third-order valence-electron chi connectivity index (χ3n) is 2.08. The van der Waals surface area contributed by atoms with Crippen LogP contribution in [0.3, 0.4) is 0 Å². The second-order valence-electron chi connectivity index (χ2n) is 3.60. The molecule has 0 aromatic carbocycles. The number of hydrogen-bond donors (Lipinski definition) is 6. The minimum absolute atomic E-state index is 0.614. The van der Waals surface area contributed by atoms with E-state index in [0.717, 1.165) is 0 Å². The molecule has 0 fully saturated rings. The highest BCUT2D eigenvalue weighted by atomic mass is 16.4. The summed E-state index contributed by atoms with van der Waals surface area (Å²) in [4.78, 5) is 33.3. The molecule has 9 nitrogen and oxygen atoms in total. The molecule has 0 aliphatic rings. The van der Waals surface area contributed by atoms with Gasteiger partial charge in [-0.15, -0.1) is 0 Å². The number of carbonyl (C=O) groups is 3. The van der Waals surface area contributed by atoms with E-state index >= 15 is 0 Å². The SMILES string of the molecule is C[C@H](NC(=O)[C@H](CO)NC(=O)[C@@H](N)CO)C(=O)O. The third kappa shape index (κ3) is 5.08. The van der Waals surface area contributed by atoms with Crippen molar-refractivity contribution in [2.24, 2.45) is 5.73 Å². The Morgan fingerprint density at radius 3 is 2.06 bits per heavy atom. The lowest BCUT2D eigenvalue weighted by Gasteiger charge is -2.19. The molecule has 0 heterocycles. The first-order valence-electron chi connectivity index (χ1n) is 5.14. The smallest absolute Gasteiger partial charge is 0.325 e. The van der Waals surface area contributed by atoms with E-state index in [1.54, 1.807) is 0 Å². The molecule has 0 aromatic heterocycles. The van der Waals surface area contributed by atoms with Crippen LogP contribution < -0.4 is 16.4 Å². The standard InChI is InChI=1S/C9H17N3O6/c1-4(9(17)18)11-8(16)6(3-14)12-7(15)5(10)2-13/h4-6,13-14H,2-3,10H2,1H3,(H,11,16)(H,12,15)(H,17,18)/t4-,5-,6-/m0/s1. The monoisotopic (exact) mass is 263 g/mol. The topological polar surface area (TPSA) is 162 Å². The van der Waals surface area contributed by atoms with Gasteiger partial charge in [-0.1, -0.05) is 0 Å². The highest BCUT2D eigenvalue weighted by Crippen LogP contribution is 1.89. The summed E-state index contributed by atoms with van der Waals surface area (Å²) in [5.41, 5.74) is 5.20. The molecule has 0 bridgehead atoms. The molecule has 18 heavy (non-hydrogen) atoms. The molecule has 0 saturated heterocycles. The van der Waals surface area contributed by atoms with E-state index in [2.05, 4.69) is 10.6 Å². The van der Waals surface area contributed by atoms with Gasteiger partial charge < -0.3 is 31.7 Å². The predicted octanol–water partition coefficient (Wildman–Crippen LogP) is -3.63. The Morgan fingerprint density at radius 2 is 1.67 bits per heavy atom. The second-order valence-corrected chi connectivity index (χ2v) is 3.60. The van der Waals surface area contributed by atoms with Gasteiger partial charge >= 0.3 is 5.97 Å². The quantitative estimate of drug-likeness (QED) is 0.276. The first-order chi connectivity index (χ1) is 8.33. The summed E-state index contributed by atoms with van der Waals surface area (Å²) in [6, 6.07) is -3.70. The van der Waals surface area contributed by atoms with E-state index in [9.17, 15) is 14.4 Å². The molecule has 0 rings (SSSR count). The fourth-order valence-electron chi connectivity index (χ4n) is 0.931. The summed E-state index contributed by atoms with van der Waals surface area (Å²) >= 11 is 0. The number of aliphatic hydroxyl groups excluding tert-OH is 2. The molecular weight excluding hydrogens is 246 g/mol. The van der Waals surface area contributed by atoms with Crippen molar-refractivity contribution in [3.63, 3.8) is 0 Å². The molecule has 9 heteroatoms. The van der Waals surface area contributed by atoms with E-state index in [1.807, 2.05) is 0 Å². The van der Waals surface area contributed by atoms with Crippen molar-refractivity contribution in [3.05, 3.63) is 0 Å². The fourth-order valence-corrected chi connectivity index (χ4v) is 0.931. The highest BCUT2D eigenvalue weighted by molar-refractivity contribution is 5.91. The lowest BCUT2D eigenvalue weighted by Crippen LogP contribution is -2.55. The van der Waals surface area contributed by atoms with E-state index in [-0.39, 0.29) is 0 Å². The van der Waals surface area contributed by atoms with Crippen LogP contribution in [0.15, 0.2) is 0 Å². The van der Waals surface area contributed by atoms with Gasteiger partial charge in [-0.3, -0.25) is 14.4 Å². The number of hydrogen-bond acceptors (Lipinski definition) is 6. The number of aliphatic carboxylic acids is 1. The van der Waals surface area contributed by atoms with Crippen LogP contribution in [0.2, 0.25) is 0 Å². The summed E-state index contributed by atoms with van der Waals surface area (Å²) in [5.74, 6) is -2.93. The number of carbonyl (C=O) groups excluding carboxylic acids is 2. The van der Waals surface area contributed by atoms with Crippen LogP contribution in [0.5, 0.6) is 0 Å². The first kappa shape index (κ1) is 16.3.